The molecule has 1 saturated heterocycles. The molecule has 4 rings (SSSR count). The third kappa shape index (κ3) is 4.54. The van der Waals surface area contributed by atoms with Gasteiger partial charge < -0.3 is 19.2 Å². The molecule has 3 aromatic rings. The van der Waals surface area contributed by atoms with E-state index in [0.29, 0.717) is 30.7 Å². The highest BCUT2D eigenvalue weighted by atomic mass is 16.5. The van der Waals surface area contributed by atoms with Crippen molar-refractivity contribution in [2.45, 2.75) is 19.9 Å². The lowest BCUT2D eigenvalue weighted by Crippen LogP contribution is -2.43. The summed E-state index contributed by atoms with van der Waals surface area (Å²) in [7, 11) is 1.63. The van der Waals surface area contributed by atoms with Crippen molar-refractivity contribution in [1.29, 1.82) is 0 Å². The second-order valence-electron chi connectivity index (χ2n) is 8.01. The summed E-state index contributed by atoms with van der Waals surface area (Å²) in [6.45, 7) is 7.06. The van der Waals surface area contributed by atoms with Crippen LogP contribution in [0.1, 0.15) is 33.3 Å². The Hall–Kier alpha value is -3.16. The third-order valence-electron chi connectivity index (χ3n) is 6.08. The maximum Gasteiger partial charge on any atom is 0.287 e. The van der Waals surface area contributed by atoms with Gasteiger partial charge in [-0.25, -0.2) is 0 Å². The van der Waals surface area contributed by atoms with Crippen LogP contribution in [0, 0.1) is 13.8 Å². The van der Waals surface area contributed by atoms with E-state index in [0.717, 1.165) is 35.5 Å². The van der Waals surface area contributed by atoms with Gasteiger partial charge in [-0.15, -0.1) is 0 Å². The Labute approximate surface area is 186 Å². The summed E-state index contributed by atoms with van der Waals surface area (Å²) in [4.78, 5) is 27.8. The average Bonchev–Trinajstić information content (AvgIpc) is 2.82. The lowest BCUT2D eigenvalue weighted by atomic mass is 10.0. The number of morpholine rings is 1. The fourth-order valence-electron chi connectivity index (χ4n) is 4.01. The summed E-state index contributed by atoms with van der Waals surface area (Å²) < 4.78 is 16.6. The van der Waals surface area contributed by atoms with Crippen LogP contribution in [0.25, 0.3) is 11.0 Å². The van der Waals surface area contributed by atoms with Gasteiger partial charge in [0.25, 0.3) is 5.91 Å². The number of carbonyl (C=O) groups excluding carboxylic acids is 1. The van der Waals surface area contributed by atoms with Crippen molar-refractivity contribution < 1.29 is 18.7 Å². The normalized spacial score (nSPS) is 15.5. The molecule has 0 saturated carbocycles. The highest BCUT2D eigenvalue weighted by Crippen LogP contribution is 2.24. The fourth-order valence-corrected chi connectivity index (χ4v) is 4.01. The van der Waals surface area contributed by atoms with E-state index in [1.807, 2.05) is 44.2 Å². The molecular formula is C25H28N2O5. The lowest BCUT2D eigenvalue weighted by Gasteiger charge is -2.35. The van der Waals surface area contributed by atoms with Crippen LogP contribution in [0.3, 0.4) is 0 Å². The Kier molecular flexibility index (Phi) is 6.58. The minimum absolute atomic E-state index is 0.0201. The molecule has 2 heterocycles. The molecule has 1 fully saturated rings. The number of ether oxygens (including phenoxy) is 2. The van der Waals surface area contributed by atoms with Gasteiger partial charge in [0, 0.05) is 25.7 Å². The maximum atomic E-state index is 12.9. The van der Waals surface area contributed by atoms with Crippen molar-refractivity contribution in [2.24, 2.45) is 0 Å². The molecule has 7 heteroatoms. The van der Waals surface area contributed by atoms with Gasteiger partial charge in [-0.1, -0.05) is 18.2 Å². The number of methoxy groups -OCH3 is 1. The van der Waals surface area contributed by atoms with Crippen molar-refractivity contribution in [3.8, 4) is 5.75 Å². The SMILES string of the molecule is COc1ccc(C(CNC(=O)c2cc(=O)c3ccc(C)c(C)c3o2)N2CCOCC2)cc1. The number of rotatable bonds is 6. The van der Waals surface area contributed by atoms with Gasteiger partial charge in [-0.3, -0.25) is 14.5 Å². The minimum atomic E-state index is -0.406. The highest BCUT2D eigenvalue weighted by Gasteiger charge is 2.24. The fraction of sp³-hybridized carbons (Fsp3) is 0.360. The Bertz CT molecular complexity index is 1160. The summed E-state index contributed by atoms with van der Waals surface area (Å²) >= 11 is 0. The standard InChI is InChI=1S/C25H28N2O5/c1-16-4-9-20-22(28)14-23(32-24(20)17(16)2)25(29)26-15-21(27-10-12-31-13-11-27)18-5-7-19(30-3)8-6-18/h4-9,14,21H,10-13,15H2,1-3H3,(H,26,29). The zero-order valence-corrected chi connectivity index (χ0v) is 18.6. The molecule has 0 aliphatic carbocycles. The summed E-state index contributed by atoms with van der Waals surface area (Å²) in [5, 5.41) is 3.44. The summed E-state index contributed by atoms with van der Waals surface area (Å²) in [6.07, 6.45) is 0. The van der Waals surface area contributed by atoms with Crippen molar-refractivity contribution in [3.63, 3.8) is 0 Å². The number of aryl methyl sites for hydroxylation is 2. The second-order valence-corrected chi connectivity index (χ2v) is 8.01. The van der Waals surface area contributed by atoms with E-state index >= 15 is 0 Å². The molecule has 1 N–H and O–H groups in total. The number of carbonyl (C=O) groups is 1. The summed E-state index contributed by atoms with van der Waals surface area (Å²) in [6, 6.07) is 12.7. The summed E-state index contributed by atoms with van der Waals surface area (Å²) in [5.74, 6) is 0.394. The molecule has 1 amide bonds. The molecular weight excluding hydrogens is 408 g/mol. The molecule has 1 aromatic heterocycles. The van der Waals surface area contributed by atoms with E-state index in [1.165, 1.54) is 6.07 Å². The van der Waals surface area contributed by atoms with Crippen LogP contribution in [-0.4, -0.2) is 50.8 Å². The number of nitrogens with one attached hydrogen (secondary N) is 1. The van der Waals surface area contributed by atoms with Crippen molar-refractivity contribution in [2.75, 3.05) is 40.0 Å². The number of nitrogens with zero attached hydrogens (tertiary/aromatic N) is 1. The lowest BCUT2D eigenvalue weighted by molar-refractivity contribution is 0.0161. The summed E-state index contributed by atoms with van der Waals surface area (Å²) in [5.41, 5.74) is 3.17. The van der Waals surface area contributed by atoms with E-state index < -0.39 is 5.91 Å². The Morgan fingerprint density at radius 1 is 1.12 bits per heavy atom. The van der Waals surface area contributed by atoms with Gasteiger partial charge >= 0.3 is 0 Å². The zero-order valence-electron chi connectivity index (χ0n) is 18.6. The van der Waals surface area contributed by atoms with Crippen molar-refractivity contribution >= 4 is 16.9 Å². The monoisotopic (exact) mass is 436 g/mol. The number of fused-ring (bicyclic) bond motifs is 1. The van der Waals surface area contributed by atoms with Gasteiger partial charge in [0.2, 0.25) is 0 Å². The molecule has 2 aromatic carbocycles. The molecule has 0 radical (unpaired) electrons. The number of amides is 1. The van der Waals surface area contributed by atoms with Crippen LogP contribution in [0.4, 0.5) is 0 Å². The number of benzene rings is 2. The van der Waals surface area contributed by atoms with Crippen LogP contribution in [0.5, 0.6) is 5.75 Å². The van der Waals surface area contributed by atoms with E-state index in [2.05, 4.69) is 10.2 Å². The van der Waals surface area contributed by atoms with Crippen LogP contribution in [0.15, 0.2) is 51.7 Å². The molecule has 0 bridgehead atoms. The molecule has 1 aliphatic heterocycles. The van der Waals surface area contributed by atoms with E-state index in [-0.39, 0.29) is 17.2 Å². The predicted molar refractivity (Wildman–Crippen MR) is 122 cm³/mol. The zero-order chi connectivity index (χ0) is 22.7. The second kappa shape index (κ2) is 9.54. The molecule has 1 aliphatic rings. The Balaban J connectivity index is 1.57. The first-order valence-corrected chi connectivity index (χ1v) is 10.8. The molecule has 168 valence electrons. The van der Waals surface area contributed by atoms with Gasteiger partial charge in [-0.05, 0) is 48.7 Å². The van der Waals surface area contributed by atoms with E-state index in [1.54, 1.807) is 13.2 Å². The van der Waals surface area contributed by atoms with Gasteiger partial charge in [0.15, 0.2) is 11.2 Å². The van der Waals surface area contributed by atoms with Crippen LogP contribution in [0.2, 0.25) is 0 Å². The van der Waals surface area contributed by atoms with Crippen LogP contribution in [-0.2, 0) is 4.74 Å². The van der Waals surface area contributed by atoms with E-state index in [4.69, 9.17) is 13.9 Å². The average molecular weight is 437 g/mol. The third-order valence-corrected chi connectivity index (χ3v) is 6.08. The largest absolute Gasteiger partial charge is 0.497 e. The van der Waals surface area contributed by atoms with Gasteiger partial charge in [0.05, 0.1) is 31.8 Å². The van der Waals surface area contributed by atoms with E-state index in [9.17, 15) is 9.59 Å². The topological polar surface area (TPSA) is 81.0 Å². The molecule has 1 unspecified atom stereocenters. The predicted octanol–water partition coefficient (Wildman–Crippen LogP) is 3.22. The Morgan fingerprint density at radius 2 is 1.84 bits per heavy atom. The van der Waals surface area contributed by atoms with Gasteiger partial charge in [0.1, 0.15) is 11.3 Å². The smallest absolute Gasteiger partial charge is 0.287 e. The maximum absolute atomic E-state index is 12.9. The minimum Gasteiger partial charge on any atom is -0.497 e. The molecule has 7 nitrogen and oxygen atoms in total. The molecule has 32 heavy (non-hydrogen) atoms. The van der Waals surface area contributed by atoms with Crippen molar-refractivity contribution in [3.05, 3.63) is 75.1 Å². The number of hydrogen-bond acceptors (Lipinski definition) is 6. The quantitative estimate of drug-likeness (QED) is 0.639. The van der Waals surface area contributed by atoms with Crippen LogP contribution >= 0.6 is 0 Å². The van der Waals surface area contributed by atoms with Crippen molar-refractivity contribution in [1.82, 2.24) is 10.2 Å². The highest BCUT2D eigenvalue weighted by molar-refractivity contribution is 5.93. The first kappa shape index (κ1) is 22.0. The number of hydrogen-bond donors (Lipinski definition) is 1. The molecule has 1 atom stereocenters. The Morgan fingerprint density at radius 3 is 2.53 bits per heavy atom. The van der Waals surface area contributed by atoms with Gasteiger partial charge in [-0.2, -0.15) is 0 Å². The molecule has 0 spiro atoms. The first-order valence-electron chi connectivity index (χ1n) is 10.8. The van der Waals surface area contributed by atoms with Crippen LogP contribution < -0.4 is 15.5 Å². The first-order chi connectivity index (χ1) is 15.5.